The molecule has 0 aliphatic carbocycles. The summed E-state index contributed by atoms with van der Waals surface area (Å²) < 4.78 is 12.3. The summed E-state index contributed by atoms with van der Waals surface area (Å²) in [6.45, 7) is 1.85. The molecule has 0 spiro atoms. The van der Waals surface area contributed by atoms with Crippen LogP contribution in [0.3, 0.4) is 0 Å². The zero-order valence-electron chi connectivity index (χ0n) is 11.2. The fourth-order valence-electron chi connectivity index (χ4n) is 1.22. The van der Waals surface area contributed by atoms with Gasteiger partial charge in [-0.05, 0) is 49.4 Å². The molecule has 0 bridgehead atoms. The van der Waals surface area contributed by atoms with E-state index in [0.29, 0.717) is 5.75 Å². The lowest BCUT2D eigenvalue weighted by Gasteiger charge is -2.12. The first-order valence-electron chi connectivity index (χ1n) is 5.91. The Balaban J connectivity index is 0.000000217. The minimum absolute atomic E-state index is 0.209. The van der Waals surface area contributed by atoms with E-state index >= 15 is 0 Å². The first-order valence-corrected chi connectivity index (χ1v) is 7.49. The van der Waals surface area contributed by atoms with E-state index in [1.807, 2.05) is 31.2 Å². The van der Waals surface area contributed by atoms with Crippen molar-refractivity contribution in [3.05, 3.63) is 57.5 Å². The van der Waals surface area contributed by atoms with Crippen LogP contribution >= 0.6 is 31.9 Å². The first-order chi connectivity index (χ1) is 9.51. The van der Waals surface area contributed by atoms with Crippen molar-refractivity contribution in [2.24, 2.45) is 0 Å². The van der Waals surface area contributed by atoms with Gasteiger partial charge in [0.25, 0.3) is 0 Å². The van der Waals surface area contributed by atoms with E-state index in [1.54, 1.807) is 31.4 Å². The van der Waals surface area contributed by atoms with Crippen LogP contribution in [0.15, 0.2) is 57.5 Å². The van der Waals surface area contributed by atoms with Crippen LogP contribution in [0, 0.1) is 0 Å². The van der Waals surface area contributed by atoms with Crippen molar-refractivity contribution in [3.63, 3.8) is 0 Å². The molecule has 0 aromatic heterocycles. The van der Waals surface area contributed by atoms with Crippen molar-refractivity contribution in [2.45, 2.75) is 13.2 Å². The molecular weight excluding hydrogens is 388 g/mol. The minimum Gasteiger partial charge on any atom is -0.508 e. The molecule has 1 unspecified atom stereocenters. The Bertz CT molecular complexity index is 494. The van der Waals surface area contributed by atoms with E-state index in [2.05, 4.69) is 31.9 Å². The standard InChI is InChI=1S/C9H11BrO2.C6H5BrO/c1-7(11-2)12-9-5-3-4-8(10)6-9;7-5-1-3-6(8)4-2-5/h3-7H,1-2H3;1-4,8H. The van der Waals surface area contributed by atoms with Crippen LogP contribution in [-0.2, 0) is 4.74 Å². The van der Waals surface area contributed by atoms with Gasteiger partial charge in [-0.15, -0.1) is 0 Å². The van der Waals surface area contributed by atoms with E-state index in [1.165, 1.54) is 0 Å². The molecule has 1 N–H and O–H groups in total. The first kappa shape index (κ1) is 17.0. The lowest BCUT2D eigenvalue weighted by Crippen LogP contribution is -2.13. The lowest BCUT2D eigenvalue weighted by molar-refractivity contribution is -0.0383. The maximum Gasteiger partial charge on any atom is 0.196 e. The Kier molecular flexibility index (Phi) is 7.65. The van der Waals surface area contributed by atoms with Gasteiger partial charge >= 0.3 is 0 Å². The molecule has 0 aliphatic rings. The average molecular weight is 404 g/mol. The number of halogens is 2. The number of hydrogen-bond acceptors (Lipinski definition) is 3. The van der Waals surface area contributed by atoms with Crippen molar-refractivity contribution in [1.29, 1.82) is 0 Å². The molecule has 0 heterocycles. The Hall–Kier alpha value is -1.04. The second-order valence-electron chi connectivity index (χ2n) is 3.85. The number of ether oxygens (including phenoxy) is 2. The van der Waals surface area contributed by atoms with Crippen LogP contribution in [0.2, 0.25) is 0 Å². The maximum atomic E-state index is 8.74. The number of aromatic hydroxyl groups is 1. The summed E-state index contributed by atoms with van der Waals surface area (Å²) in [6.07, 6.45) is -0.209. The smallest absolute Gasteiger partial charge is 0.196 e. The second-order valence-corrected chi connectivity index (χ2v) is 5.69. The number of hydrogen-bond donors (Lipinski definition) is 1. The Morgan fingerprint density at radius 1 is 1.00 bits per heavy atom. The van der Waals surface area contributed by atoms with Crippen molar-refractivity contribution >= 4 is 31.9 Å². The zero-order valence-corrected chi connectivity index (χ0v) is 14.4. The zero-order chi connectivity index (χ0) is 15.0. The number of phenols is 1. The highest BCUT2D eigenvalue weighted by Crippen LogP contribution is 2.18. The van der Waals surface area contributed by atoms with E-state index < -0.39 is 0 Å². The molecule has 0 saturated carbocycles. The SMILES string of the molecule is COC(C)Oc1cccc(Br)c1.Oc1ccc(Br)cc1. The van der Waals surface area contributed by atoms with E-state index in [0.717, 1.165) is 14.7 Å². The normalized spacial score (nSPS) is 11.2. The monoisotopic (exact) mass is 402 g/mol. The summed E-state index contributed by atoms with van der Waals surface area (Å²) in [5.41, 5.74) is 0. The number of methoxy groups -OCH3 is 1. The molecular formula is C15H16Br2O3. The molecule has 2 aromatic carbocycles. The van der Waals surface area contributed by atoms with Gasteiger partial charge in [0.15, 0.2) is 6.29 Å². The molecule has 2 rings (SSSR count). The Morgan fingerprint density at radius 3 is 2.15 bits per heavy atom. The third kappa shape index (κ3) is 6.93. The quantitative estimate of drug-likeness (QED) is 0.734. The summed E-state index contributed by atoms with van der Waals surface area (Å²) in [4.78, 5) is 0. The van der Waals surface area contributed by atoms with Crippen molar-refractivity contribution in [1.82, 2.24) is 0 Å². The number of benzene rings is 2. The summed E-state index contributed by atoms with van der Waals surface area (Å²) in [5.74, 6) is 1.10. The molecule has 0 fully saturated rings. The summed E-state index contributed by atoms with van der Waals surface area (Å²) in [5, 5.41) is 8.74. The van der Waals surface area contributed by atoms with Crippen molar-refractivity contribution < 1.29 is 14.6 Å². The third-order valence-electron chi connectivity index (χ3n) is 2.26. The Morgan fingerprint density at radius 2 is 1.65 bits per heavy atom. The molecule has 108 valence electrons. The van der Waals surface area contributed by atoms with Gasteiger partial charge in [0.1, 0.15) is 11.5 Å². The van der Waals surface area contributed by atoms with Crippen LogP contribution in [0.25, 0.3) is 0 Å². The predicted molar refractivity (Wildman–Crippen MR) is 87.0 cm³/mol. The highest BCUT2D eigenvalue weighted by molar-refractivity contribution is 9.10. The van der Waals surface area contributed by atoms with Gasteiger partial charge in [-0.3, -0.25) is 0 Å². The van der Waals surface area contributed by atoms with Crippen LogP contribution in [0.5, 0.6) is 11.5 Å². The highest BCUT2D eigenvalue weighted by Gasteiger charge is 2.00. The number of rotatable bonds is 3. The van der Waals surface area contributed by atoms with Crippen LogP contribution < -0.4 is 4.74 Å². The van der Waals surface area contributed by atoms with Gasteiger partial charge in [-0.1, -0.05) is 37.9 Å². The van der Waals surface area contributed by atoms with Gasteiger partial charge < -0.3 is 14.6 Å². The summed E-state index contributed by atoms with van der Waals surface area (Å²) in [6, 6.07) is 14.5. The van der Waals surface area contributed by atoms with Gasteiger partial charge in [-0.2, -0.15) is 0 Å². The van der Waals surface area contributed by atoms with E-state index in [9.17, 15) is 0 Å². The minimum atomic E-state index is -0.209. The van der Waals surface area contributed by atoms with Crippen molar-refractivity contribution in [3.8, 4) is 11.5 Å². The molecule has 2 aromatic rings. The van der Waals surface area contributed by atoms with E-state index in [4.69, 9.17) is 14.6 Å². The highest BCUT2D eigenvalue weighted by atomic mass is 79.9. The van der Waals surface area contributed by atoms with Gasteiger partial charge in [0.05, 0.1) is 0 Å². The largest absolute Gasteiger partial charge is 0.508 e. The molecule has 0 aliphatic heterocycles. The van der Waals surface area contributed by atoms with Gasteiger partial charge in [0.2, 0.25) is 0 Å². The van der Waals surface area contributed by atoms with Crippen LogP contribution in [-0.4, -0.2) is 18.5 Å². The topological polar surface area (TPSA) is 38.7 Å². The summed E-state index contributed by atoms with van der Waals surface area (Å²) in [7, 11) is 1.61. The molecule has 20 heavy (non-hydrogen) atoms. The van der Waals surface area contributed by atoms with Crippen molar-refractivity contribution in [2.75, 3.05) is 7.11 Å². The fourth-order valence-corrected chi connectivity index (χ4v) is 1.86. The second kappa shape index (κ2) is 9.00. The van der Waals surface area contributed by atoms with Gasteiger partial charge in [0, 0.05) is 16.1 Å². The maximum absolute atomic E-state index is 8.74. The Labute approximate surface area is 135 Å². The summed E-state index contributed by atoms with van der Waals surface area (Å²) >= 11 is 6.59. The molecule has 1 atom stereocenters. The van der Waals surface area contributed by atoms with E-state index in [-0.39, 0.29) is 6.29 Å². The fraction of sp³-hybridized carbons (Fsp3) is 0.200. The lowest BCUT2D eigenvalue weighted by atomic mass is 10.3. The van der Waals surface area contributed by atoms with Crippen LogP contribution in [0.1, 0.15) is 6.92 Å². The third-order valence-corrected chi connectivity index (χ3v) is 3.28. The van der Waals surface area contributed by atoms with Crippen LogP contribution in [0.4, 0.5) is 0 Å². The molecule has 5 heteroatoms. The molecule has 0 amide bonds. The predicted octanol–water partition coefficient (Wildman–Crippen LogP) is 4.98. The molecule has 3 nitrogen and oxygen atoms in total. The average Bonchev–Trinajstić information content (AvgIpc) is 2.43. The molecule has 0 saturated heterocycles. The van der Waals surface area contributed by atoms with Gasteiger partial charge in [-0.25, -0.2) is 0 Å². The number of phenolic OH excluding ortho intramolecular Hbond substituents is 1. The molecule has 0 radical (unpaired) electrons.